The number of hydrogen-bond donors (Lipinski definition) is 1. The Bertz CT molecular complexity index is 1390. The van der Waals surface area contributed by atoms with Crippen LogP contribution in [0.15, 0.2) is 72.8 Å². The molecule has 3 atom stereocenters. The summed E-state index contributed by atoms with van der Waals surface area (Å²) in [5, 5.41) is 3.15. The maximum absolute atomic E-state index is 13.3. The topological polar surface area (TPSA) is 92.8 Å². The van der Waals surface area contributed by atoms with Crippen molar-refractivity contribution in [1.29, 1.82) is 0 Å². The third-order valence-corrected chi connectivity index (χ3v) is 7.75. The average Bonchev–Trinajstić information content (AvgIpc) is 3.19. The van der Waals surface area contributed by atoms with Crippen molar-refractivity contribution >= 4 is 46.7 Å². The van der Waals surface area contributed by atoms with Gasteiger partial charge in [0.25, 0.3) is 5.91 Å². The first-order valence-electron chi connectivity index (χ1n) is 12.6. The number of ether oxygens (including phenoxy) is 1. The van der Waals surface area contributed by atoms with Gasteiger partial charge in [0, 0.05) is 10.7 Å². The number of nitrogens with one attached hydrogen (secondary N) is 1. The summed E-state index contributed by atoms with van der Waals surface area (Å²) in [6.07, 6.45) is 2.19. The lowest BCUT2D eigenvalue weighted by Gasteiger charge is -2.28. The number of hydrogen-bond acceptors (Lipinski definition) is 5. The second-order valence-corrected chi connectivity index (χ2v) is 10.2. The Morgan fingerprint density at radius 3 is 2.37 bits per heavy atom. The summed E-state index contributed by atoms with van der Waals surface area (Å²) < 4.78 is 5.12. The zero-order chi connectivity index (χ0) is 26.8. The average molecular weight is 531 g/mol. The largest absolute Gasteiger partial charge is 0.452 e. The van der Waals surface area contributed by atoms with Crippen LogP contribution in [0.4, 0.5) is 11.4 Å². The number of amides is 3. The van der Waals surface area contributed by atoms with Crippen LogP contribution >= 0.6 is 11.6 Å². The molecule has 0 bridgehead atoms. The molecule has 7 nitrogen and oxygen atoms in total. The standard InChI is InChI=1S/C30H27ClN2O5/c1-18-7-11-22(16-26(18)31)32-27(34)17-38-30(37)20-8-12-23(13-9-20)33-28(35)24-14-10-21(15-25(24)29(33)36)19-5-3-2-4-6-19/h2-9,11-13,16,21,24-25H,10,14-15,17H2,1H3,(H,32,34)/t21-,24-,25-/m1/s1. The smallest absolute Gasteiger partial charge is 0.338 e. The number of carbonyl (C=O) groups excluding carboxylic acids is 4. The van der Waals surface area contributed by atoms with Crippen molar-refractivity contribution in [3.05, 3.63) is 94.5 Å². The van der Waals surface area contributed by atoms with Gasteiger partial charge in [0.2, 0.25) is 11.8 Å². The van der Waals surface area contributed by atoms with E-state index in [-0.39, 0.29) is 35.1 Å². The summed E-state index contributed by atoms with van der Waals surface area (Å²) in [5.41, 5.74) is 3.22. The van der Waals surface area contributed by atoms with Gasteiger partial charge in [0.15, 0.2) is 6.61 Å². The summed E-state index contributed by atoms with van der Waals surface area (Å²) in [7, 11) is 0. The van der Waals surface area contributed by atoms with Gasteiger partial charge in [0.05, 0.1) is 23.1 Å². The molecule has 3 aromatic rings. The molecule has 1 saturated heterocycles. The first-order valence-corrected chi connectivity index (χ1v) is 13.0. The molecule has 8 heteroatoms. The van der Waals surface area contributed by atoms with Crippen LogP contribution in [-0.2, 0) is 19.1 Å². The Morgan fingerprint density at radius 2 is 1.66 bits per heavy atom. The molecule has 3 amide bonds. The van der Waals surface area contributed by atoms with E-state index < -0.39 is 18.5 Å². The predicted octanol–water partition coefficient (Wildman–Crippen LogP) is 5.52. The molecule has 1 aliphatic heterocycles. The molecule has 194 valence electrons. The van der Waals surface area contributed by atoms with Gasteiger partial charge in [-0.3, -0.25) is 19.3 Å². The summed E-state index contributed by atoms with van der Waals surface area (Å²) in [5.74, 6) is -1.96. The van der Waals surface area contributed by atoms with Gasteiger partial charge in [-0.2, -0.15) is 0 Å². The Balaban J connectivity index is 1.19. The lowest BCUT2D eigenvalue weighted by molar-refractivity contribution is -0.122. The van der Waals surface area contributed by atoms with Crippen LogP contribution in [0.2, 0.25) is 5.02 Å². The number of halogens is 1. The number of nitrogens with zero attached hydrogens (tertiary/aromatic N) is 1. The highest BCUT2D eigenvalue weighted by atomic mass is 35.5. The first-order chi connectivity index (χ1) is 18.3. The number of carbonyl (C=O) groups is 4. The zero-order valence-electron chi connectivity index (χ0n) is 20.9. The van der Waals surface area contributed by atoms with Crippen molar-refractivity contribution in [2.75, 3.05) is 16.8 Å². The van der Waals surface area contributed by atoms with Crippen LogP contribution in [0, 0.1) is 18.8 Å². The molecule has 5 rings (SSSR count). The maximum Gasteiger partial charge on any atom is 0.338 e. The van der Waals surface area contributed by atoms with Crippen molar-refractivity contribution < 1.29 is 23.9 Å². The first kappa shape index (κ1) is 25.7. The normalized spacial score (nSPS) is 20.7. The second-order valence-electron chi connectivity index (χ2n) is 9.78. The third-order valence-electron chi connectivity index (χ3n) is 7.35. The van der Waals surface area contributed by atoms with E-state index in [9.17, 15) is 19.2 Å². The fraction of sp³-hybridized carbons (Fsp3) is 0.267. The van der Waals surface area contributed by atoms with Crippen molar-refractivity contribution in [1.82, 2.24) is 0 Å². The molecule has 2 aliphatic rings. The number of anilines is 2. The molecule has 3 aromatic carbocycles. The van der Waals surface area contributed by atoms with Crippen LogP contribution in [0.5, 0.6) is 0 Å². The van der Waals surface area contributed by atoms with Crippen LogP contribution in [0.1, 0.15) is 46.7 Å². The van der Waals surface area contributed by atoms with Gasteiger partial charge in [-0.1, -0.05) is 48.0 Å². The lowest BCUT2D eigenvalue weighted by Crippen LogP contribution is -2.30. The van der Waals surface area contributed by atoms with Gasteiger partial charge < -0.3 is 10.1 Å². The minimum atomic E-state index is -0.688. The van der Waals surface area contributed by atoms with E-state index in [1.807, 2.05) is 25.1 Å². The molecule has 38 heavy (non-hydrogen) atoms. The van der Waals surface area contributed by atoms with Crippen LogP contribution in [0.25, 0.3) is 0 Å². The third kappa shape index (κ3) is 5.20. The van der Waals surface area contributed by atoms with E-state index in [2.05, 4.69) is 17.4 Å². The van der Waals surface area contributed by atoms with Gasteiger partial charge in [-0.15, -0.1) is 0 Å². The van der Waals surface area contributed by atoms with E-state index in [0.717, 1.165) is 12.0 Å². The van der Waals surface area contributed by atoms with E-state index in [1.54, 1.807) is 30.3 Å². The summed E-state index contributed by atoms with van der Waals surface area (Å²) >= 11 is 6.07. The van der Waals surface area contributed by atoms with Crippen molar-refractivity contribution in [2.45, 2.75) is 32.1 Å². The summed E-state index contributed by atoms with van der Waals surface area (Å²) in [6.45, 7) is 1.38. The molecule has 1 saturated carbocycles. The Morgan fingerprint density at radius 1 is 0.947 bits per heavy atom. The Labute approximate surface area is 225 Å². The molecule has 1 heterocycles. The van der Waals surface area contributed by atoms with Gasteiger partial charge >= 0.3 is 5.97 Å². The summed E-state index contributed by atoms with van der Waals surface area (Å²) in [4.78, 5) is 52.3. The Hall–Kier alpha value is -3.97. The molecule has 0 spiro atoms. The number of aryl methyl sites for hydroxylation is 1. The highest BCUT2D eigenvalue weighted by molar-refractivity contribution is 6.31. The molecule has 0 aromatic heterocycles. The van der Waals surface area contributed by atoms with E-state index in [4.69, 9.17) is 16.3 Å². The second kappa shape index (κ2) is 10.8. The fourth-order valence-corrected chi connectivity index (χ4v) is 5.47. The molecule has 1 aliphatic carbocycles. The highest BCUT2D eigenvalue weighted by Crippen LogP contribution is 2.45. The van der Waals surface area contributed by atoms with Crippen LogP contribution < -0.4 is 10.2 Å². The minimum Gasteiger partial charge on any atom is -0.452 e. The van der Waals surface area contributed by atoms with Crippen LogP contribution in [0.3, 0.4) is 0 Å². The quantitative estimate of drug-likeness (QED) is 0.335. The van der Waals surface area contributed by atoms with Gasteiger partial charge in [-0.25, -0.2) is 4.79 Å². The molecular weight excluding hydrogens is 504 g/mol. The molecule has 2 fully saturated rings. The number of benzene rings is 3. The SMILES string of the molecule is Cc1ccc(NC(=O)COC(=O)c2ccc(N3C(=O)[C@@H]4CC[C@@H](c5ccccc5)C[C@H]4C3=O)cc2)cc1Cl. The van der Waals surface area contributed by atoms with E-state index in [0.29, 0.717) is 29.2 Å². The monoisotopic (exact) mass is 530 g/mol. The minimum absolute atomic E-state index is 0.185. The summed E-state index contributed by atoms with van der Waals surface area (Å²) in [6, 6.07) is 21.3. The zero-order valence-corrected chi connectivity index (χ0v) is 21.6. The number of esters is 1. The lowest BCUT2D eigenvalue weighted by atomic mass is 9.73. The van der Waals surface area contributed by atoms with Crippen molar-refractivity contribution in [3.8, 4) is 0 Å². The highest BCUT2D eigenvalue weighted by Gasteiger charge is 2.50. The number of imide groups is 1. The van der Waals surface area contributed by atoms with Crippen molar-refractivity contribution in [3.63, 3.8) is 0 Å². The van der Waals surface area contributed by atoms with Gasteiger partial charge in [-0.05, 0) is 79.6 Å². The molecular formula is C30H27ClN2O5. The van der Waals surface area contributed by atoms with Crippen LogP contribution in [-0.4, -0.2) is 30.3 Å². The van der Waals surface area contributed by atoms with E-state index >= 15 is 0 Å². The van der Waals surface area contributed by atoms with E-state index in [1.165, 1.54) is 22.6 Å². The molecule has 0 unspecified atom stereocenters. The van der Waals surface area contributed by atoms with Gasteiger partial charge in [0.1, 0.15) is 0 Å². The maximum atomic E-state index is 13.3. The Kier molecular flexibility index (Phi) is 7.29. The predicted molar refractivity (Wildman–Crippen MR) is 144 cm³/mol. The molecule has 1 N–H and O–H groups in total. The van der Waals surface area contributed by atoms with Crippen molar-refractivity contribution in [2.24, 2.45) is 11.8 Å². The molecule has 0 radical (unpaired) electrons. The number of fused-ring (bicyclic) bond motifs is 1. The fourth-order valence-electron chi connectivity index (χ4n) is 5.29. The number of rotatable bonds is 6.